The molecule has 0 radical (unpaired) electrons. The maximum atomic E-state index is 12.8. The van der Waals surface area contributed by atoms with Crippen molar-refractivity contribution in [2.45, 2.75) is 39.2 Å². The average molecular weight is 449 g/mol. The number of benzene rings is 1. The van der Waals surface area contributed by atoms with Crippen molar-refractivity contribution in [1.82, 2.24) is 24.7 Å². The van der Waals surface area contributed by atoms with E-state index in [1.807, 2.05) is 12.4 Å². The zero-order chi connectivity index (χ0) is 22.8. The van der Waals surface area contributed by atoms with Crippen molar-refractivity contribution in [1.29, 1.82) is 0 Å². The fourth-order valence-corrected chi connectivity index (χ4v) is 5.35. The molecule has 0 unspecified atom stereocenters. The lowest BCUT2D eigenvalue weighted by molar-refractivity contribution is -0.134. The summed E-state index contributed by atoms with van der Waals surface area (Å²) in [6.07, 6.45) is 7.85. The van der Waals surface area contributed by atoms with Gasteiger partial charge < -0.3 is 9.80 Å². The van der Waals surface area contributed by atoms with Crippen LogP contribution in [0.4, 0.5) is 5.82 Å². The Kier molecular flexibility index (Phi) is 6.60. The standard InChI is InChI=1S/C26H36N6O/c1-20-5-3-6-21(2)26(20)23-17-28-24(18-27-23)31-11-9-29(10-12-31)19-25(33)32-15-13-30(14-16-32)22-7-4-8-22/h3,5-6,17-18,22H,4,7-16,19H2,1-2H3. The number of rotatable bonds is 5. The van der Waals surface area contributed by atoms with E-state index in [2.05, 4.69) is 51.6 Å². The highest BCUT2D eigenvalue weighted by molar-refractivity contribution is 5.78. The minimum Gasteiger partial charge on any atom is -0.353 e. The first-order chi connectivity index (χ1) is 16.1. The lowest BCUT2D eigenvalue weighted by atomic mass is 9.91. The van der Waals surface area contributed by atoms with Crippen molar-refractivity contribution in [2.75, 3.05) is 63.8 Å². The number of nitrogens with zero attached hydrogens (tertiary/aromatic N) is 6. The van der Waals surface area contributed by atoms with E-state index >= 15 is 0 Å². The lowest BCUT2D eigenvalue weighted by Gasteiger charge is -2.43. The van der Waals surface area contributed by atoms with Gasteiger partial charge in [-0.1, -0.05) is 24.6 Å². The third kappa shape index (κ3) is 4.89. The Balaban J connectivity index is 1.10. The molecule has 0 bridgehead atoms. The van der Waals surface area contributed by atoms with E-state index in [1.165, 1.54) is 36.0 Å². The summed E-state index contributed by atoms with van der Waals surface area (Å²) in [5.74, 6) is 1.21. The number of hydrogen-bond donors (Lipinski definition) is 0. The second-order valence-electron chi connectivity index (χ2n) is 9.79. The Morgan fingerprint density at radius 1 is 0.909 bits per heavy atom. The van der Waals surface area contributed by atoms with Gasteiger partial charge in [0.2, 0.25) is 5.91 Å². The lowest BCUT2D eigenvalue weighted by Crippen LogP contribution is -2.56. The molecule has 3 fully saturated rings. The topological polar surface area (TPSA) is 55.8 Å². The fourth-order valence-electron chi connectivity index (χ4n) is 5.35. The molecule has 2 aliphatic heterocycles. The van der Waals surface area contributed by atoms with Crippen LogP contribution in [-0.4, -0.2) is 95.5 Å². The van der Waals surface area contributed by atoms with Gasteiger partial charge >= 0.3 is 0 Å². The van der Waals surface area contributed by atoms with Crippen molar-refractivity contribution in [3.05, 3.63) is 41.7 Å². The second kappa shape index (κ2) is 9.77. The summed E-state index contributed by atoms with van der Waals surface area (Å²) >= 11 is 0. The highest BCUT2D eigenvalue weighted by Crippen LogP contribution is 2.26. The largest absolute Gasteiger partial charge is 0.353 e. The van der Waals surface area contributed by atoms with Gasteiger partial charge in [-0.3, -0.25) is 19.6 Å². The van der Waals surface area contributed by atoms with Crippen LogP contribution in [0.2, 0.25) is 0 Å². The van der Waals surface area contributed by atoms with E-state index < -0.39 is 0 Å². The number of amides is 1. The van der Waals surface area contributed by atoms with E-state index in [9.17, 15) is 4.79 Å². The van der Waals surface area contributed by atoms with Crippen LogP contribution in [-0.2, 0) is 4.79 Å². The molecule has 0 spiro atoms. The van der Waals surface area contributed by atoms with Gasteiger partial charge in [-0.2, -0.15) is 0 Å². The molecule has 2 aromatic rings. The van der Waals surface area contributed by atoms with Crippen LogP contribution in [0.25, 0.3) is 11.3 Å². The zero-order valence-electron chi connectivity index (χ0n) is 20.0. The molecule has 0 N–H and O–H groups in total. The van der Waals surface area contributed by atoms with E-state index in [1.54, 1.807) is 0 Å². The zero-order valence-corrected chi connectivity index (χ0v) is 20.0. The summed E-state index contributed by atoms with van der Waals surface area (Å²) in [6.45, 7) is 12.1. The van der Waals surface area contributed by atoms with E-state index in [0.717, 1.165) is 69.9 Å². The molecule has 33 heavy (non-hydrogen) atoms. The Morgan fingerprint density at radius 3 is 2.18 bits per heavy atom. The Morgan fingerprint density at radius 2 is 1.61 bits per heavy atom. The van der Waals surface area contributed by atoms with E-state index in [0.29, 0.717) is 6.54 Å². The van der Waals surface area contributed by atoms with Crippen LogP contribution in [0, 0.1) is 13.8 Å². The molecular weight excluding hydrogens is 412 g/mol. The van der Waals surface area contributed by atoms with Gasteiger partial charge in [-0.25, -0.2) is 4.98 Å². The summed E-state index contributed by atoms with van der Waals surface area (Å²) in [7, 11) is 0. The molecule has 2 saturated heterocycles. The van der Waals surface area contributed by atoms with Gasteiger partial charge in [0.25, 0.3) is 0 Å². The van der Waals surface area contributed by atoms with Gasteiger partial charge in [-0.05, 0) is 37.8 Å². The number of piperazine rings is 2. The maximum Gasteiger partial charge on any atom is 0.236 e. The number of carbonyl (C=O) groups excluding carboxylic acids is 1. The number of hydrogen-bond acceptors (Lipinski definition) is 6. The molecule has 7 nitrogen and oxygen atoms in total. The normalized spacial score (nSPS) is 20.7. The van der Waals surface area contributed by atoms with Crippen molar-refractivity contribution in [2.24, 2.45) is 0 Å². The third-order valence-corrected chi connectivity index (χ3v) is 7.69. The summed E-state index contributed by atoms with van der Waals surface area (Å²) in [5.41, 5.74) is 4.55. The maximum absolute atomic E-state index is 12.8. The minimum absolute atomic E-state index is 0.287. The Hall–Kier alpha value is -2.51. The summed E-state index contributed by atoms with van der Waals surface area (Å²) in [6, 6.07) is 7.10. The minimum atomic E-state index is 0.287. The van der Waals surface area contributed by atoms with Gasteiger partial charge in [0.15, 0.2) is 0 Å². The highest BCUT2D eigenvalue weighted by atomic mass is 16.2. The number of carbonyl (C=O) groups is 1. The average Bonchev–Trinajstić information content (AvgIpc) is 2.79. The highest BCUT2D eigenvalue weighted by Gasteiger charge is 2.30. The van der Waals surface area contributed by atoms with Crippen LogP contribution >= 0.6 is 0 Å². The number of aromatic nitrogens is 2. The predicted octanol–water partition coefficient (Wildman–Crippen LogP) is 2.58. The first-order valence-electron chi connectivity index (χ1n) is 12.5. The Bertz CT molecular complexity index is 937. The molecule has 5 rings (SSSR count). The molecule has 1 saturated carbocycles. The summed E-state index contributed by atoms with van der Waals surface area (Å²) in [4.78, 5) is 31.5. The van der Waals surface area contributed by atoms with Gasteiger partial charge in [-0.15, -0.1) is 0 Å². The van der Waals surface area contributed by atoms with Crippen molar-refractivity contribution in [3.63, 3.8) is 0 Å². The molecule has 3 heterocycles. The molecule has 7 heteroatoms. The molecule has 1 aromatic heterocycles. The molecular formula is C26H36N6O. The number of aryl methyl sites for hydroxylation is 2. The smallest absolute Gasteiger partial charge is 0.236 e. The van der Waals surface area contributed by atoms with Crippen LogP contribution in [0.3, 0.4) is 0 Å². The van der Waals surface area contributed by atoms with Crippen molar-refractivity contribution >= 4 is 11.7 Å². The molecule has 3 aliphatic rings. The van der Waals surface area contributed by atoms with Gasteiger partial charge in [0.1, 0.15) is 5.82 Å². The molecule has 176 valence electrons. The molecule has 0 atom stereocenters. The van der Waals surface area contributed by atoms with Crippen LogP contribution in [0.15, 0.2) is 30.6 Å². The fraction of sp³-hybridized carbons (Fsp3) is 0.577. The number of anilines is 1. The van der Waals surface area contributed by atoms with Gasteiger partial charge in [0, 0.05) is 64.0 Å². The van der Waals surface area contributed by atoms with Gasteiger partial charge in [0.05, 0.1) is 24.6 Å². The SMILES string of the molecule is Cc1cccc(C)c1-c1cnc(N2CCN(CC(=O)N3CCN(C4CCC4)CC3)CC2)cn1. The van der Waals surface area contributed by atoms with Crippen LogP contribution < -0.4 is 4.90 Å². The summed E-state index contributed by atoms with van der Waals surface area (Å²) < 4.78 is 0. The molecule has 1 amide bonds. The van der Waals surface area contributed by atoms with Crippen LogP contribution in [0.5, 0.6) is 0 Å². The first kappa shape index (κ1) is 22.3. The Labute approximate surface area is 197 Å². The third-order valence-electron chi connectivity index (χ3n) is 7.69. The predicted molar refractivity (Wildman–Crippen MR) is 131 cm³/mol. The van der Waals surface area contributed by atoms with Crippen LogP contribution in [0.1, 0.15) is 30.4 Å². The quantitative estimate of drug-likeness (QED) is 0.701. The monoisotopic (exact) mass is 448 g/mol. The molecule has 1 aliphatic carbocycles. The van der Waals surface area contributed by atoms with E-state index in [4.69, 9.17) is 9.97 Å². The van der Waals surface area contributed by atoms with E-state index in [-0.39, 0.29) is 5.91 Å². The first-order valence-corrected chi connectivity index (χ1v) is 12.5. The summed E-state index contributed by atoms with van der Waals surface area (Å²) in [5, 5.41) is 0. The van der Waals surface area contributed by atoms with Crippen molar-refractivity contribution < 1.29 is 4.79 Å². The molecule has 1 aromatic carbocycles. The van der Waals surface area contributed by atoms with Crippen molar-refractivity contribution in [3.8, 4) is 11.3 Å². The second-order valence-corrected chi connectivity index (χ2v) is 9.79.